The van der Waals surface area contributed by atoms with Crippen molar-refractivity contribution in [1.82, 2.24) is 25.8 Å². The summed E-state index contributed by atoms with van der Waals surface area (Å²) in [5.74, 6) is -1.47. The van der Waals surface area contributed by atoms with E-state index in [1.165, 1.54) is 11.3 Å². The van der Waals surface area contributed by atoms with Crippen LogP contribution in [0.4, 0.5) is 0 Å². The Morgan fingerprint density at radius 3 is 2.72 bits per heavy atom. The normalized spacial score (nSPS) is 21.6. The van der Waals surface area contributed by atoms with E-state index < -0.39 is 18.1 Å². The van der Waals surface area contributed by atoms with Gasteiger partial charge in [-0.2, -0.15) is 5.10 Å². The van der Waals surface area contributed by atoms with E-state index in [0.717, 1.165) is 31.9 Å². The van der Waals surface area contributed by atoms with Crippen LogP contribution in [0.2, 0.25) is 0 Å². The summed E-state index contributed by atoms with van der Waals surface area (Å²) in [5.41, 5.74) is 3.63. The Kier molecular flexibility index (Phi) is 7.93. The zero-order valence-electron chi connectivity index (χ0n) is 18.0. The topological polar surface area (TPSA) is 157 Å². The van der Waals surface area contributed by atoms with Crippen LogP contribution in [0, 0.1) is 5.92 Å². The summed E-state index contributed by atoms with van der Waals surface area (Å²) in [5, 5.41) is 30.9. The van der Waals surface area contributed by atoms with Gasteiger partial charge in [0.25, 0.3) is 11.9 Å². The molecule has 3 atom stereocenters. The second-order valence-corrected chi connectivity index (χ2v) is 8.09. The molecule has 5 N–H and O–H groups in total. The first kappa shape index (κ1) is 23.4. The van der Waals surface area contributed by atoms with Gasteiger partial charge in [0.05, 0.1) is 24.4 Å². The molecule has 2 aliphatic rings. The molecule has 172 valence electrons. The van der Waals surface area contributed by atoms with Crippen LogP contribution in [0.3, 0.4) is 0 Å². The summed E-state index contributed by atoms with van der Waals surface area (Å²) in [4.78, 5) is 38.0. The summed E-state index contributed by atoms with van der Waals surface area (Å²) in [6.07, 6.45) is 5.53. The smallest absolute Gasteiger partial charge is 0.300 e. The summed E-state index contributed by atoms with van der Waals surface area (Å²) < 4.78 is 0. The van der Waals surface area contributed by atoms with Crippen molar-refractivity contribution in [2.24, 2.45) is 5.92 Å². The lowest BCUT2D eigenvalue weighted by molar-refractivity contribution is -0.134. The Hall–Kier alpha value is -3.27. The maximum atomic E-state index is 12.6. The van der Waals surface area contributed by atoms with Crippen LogP contribution in [0.5, 0.6) is 0 Å². The number of carboxylic acid groups (broad SMARTS) is 1. The number of rotatable bonds is 5. The largest absolute Gasteiger partial charge is 0.481 e. The molecule has 2 aromatic rings. The van der Waals surface area contributed by atoms with Crippen LogP contribution in [0.15, 0.2) is 24.4 Å². The Balaban J connectivity index is 0.000000668. The number of aryl methyl sites for hydroxylation is 1. The average molecular weight is 444 g/mol. The van der Waals surface area contributed by atoms with E-state index >= 15 is 0 Å². The molecule has 2 aromatic heterocycles. The lowest BCUT2D eigenvalue weighted by Crippen LogP contribution is -2.49. The number of amides is 2. The van der Waals surface area contributed by atoms with Gasteiger partial charge in [-0.05, 0) is 56.2 Å². The van der Waals surface area contributed by atoms with Crippen molar-refractivity contribution in [1.29, 1.82) is 0 Å². The molecule has 2 amide bonds. The van der Waals surface area contributed by atoms with Gasteiger partial charge in [-0.3, -0.25) is 24.5 Å². The molecule has 2 aliphatic carbocycles. The van der Waals surface area contributed by atoms with Crippen molar-refractivity contribution in [3.8, 4) is 0 Å². The number of H-pyrrole nitrogens is 1. The zero-order chi connectivity index (χ0) is 23.1. The quantitative estimate of drug-likeness (QED) is 0.460. The van der Waals surface area contributed by atoms with Crippen molar-refractivity contribution in [3.05, 3.63) is 47.0 Å². The van der Waals surface area contributed by atoms with Crippen LogP contribution in [-0.4, -0.2) is 55.3 Å². The zero-order valence-corrected chi connectivity index (χ0v) is 18.0. The first-order chi connectivity index (χ1) is 15.3. The predicted octanol–water partition coefficient (Wildman–Crippen LogP) is 0.960. The minimum atomic E-state index is -0.833. The van der Waals surface area contributed by atoms with Gasteiger partial charge in [0.1, 0.15) is 5.69 Å². The average Bonchev–Trinajstić information content (AvgIpc) is 3.38. The molecule has 10 heteroatoms. The molecule has 1 saturated carbocycles. The molecule has 0 aromatic carbocycles. The summed E-state index contributed by atoms with van der Waals surface area (Å²) in [6, 6.07) is 4.63. The van der Waals surface area contributed by atoms with Crippen molar-refractivity contribution >= 4 is 17.8 Å². The summed E-state index contributed by atoms with van der Waals surface area (Å²) in [7, 11) is 0. The van der Waals surface area contributed by atoms with Gasteiger partial charge in [0.15, 0.2) is 0 Å². The van der Waals surface area contributed by atoms with E-state index in [-0.39, 0.29) is 17.7 Å². The van der Waals surface area contributed by atoms with E-state index in [1.54, 1.807) is 24.4 Å². The first-order valence-corrected chi connectivity index (χ1v) is 10.8. The molecule has 0 radical (unpaired) electrons. The minimum absolute atomic E-state index is 0.0567. The van der Waals surface area contributed by atoms with Crippen LogP contribution in [-0.2, 0) is 29.0 Å². The van der Waals surface area contributed by atoms with Crippen LogP contribution in [0.25, 0.3) is 0 Å². The highest BCUT2D eigenvalue weighted by Gasteiger charge is 2.34. The van der Waals surface area contributed by atoms with Crippen molar-refractivity contribution < 1.29 is 24.6 Å². The van der Waals surface area contributed by atoms with Crippen molar-refractivity contribution in [2.75, 3.05) is 0 Å². The number of pyridine rings is 1. The molecule has 0 aliphatic heterocycles. The SMILES string of the molecule is CC(=O)O.O=C(N[C@@H]1C[C@@H](C(=O)NCc2n[nH]c3c2CCC3)CC[C@H]1O)c1ccccn1. The lowest BCUT2D eigenvalue weighted by Gasteiger charge is -2.33. The highest BCUT2D eigenvalue weighted by molar-refractivity contribution is 5.92. The molecule has 0 saturated heterocycles. The molecule has 1 fully saturated rings. The second kappa shape index (κ2) is 10.9. The maximum absolute atomic E-state index is 12.6. The fraction of sp³-hybridized carbons (Fsp3) is 0.500. The van der Waals surface area contributed by atoms with Gasteiger partial charge in [-0.15, -0.1) is 0 Å². The van der Waals surface area contributed by atoms with E-state index in [1.807, 2.05) is 0 Å². The third kappa shape index (κ3) is 6.13. The maximum Gasteiger partial charge on any atom is 0.300 e. The Bertz CT molecular complexity index is 941. The Labute approximate surface area is 185 Å². The standard InChI is InChI=1S/C20H25N5O3.C2H4O2/c26-18-8-7-12(10-16(18)23-20(28)15-5-1-2-9-21-15)19(27)22-11-17-13-4-3-6-14(13)24-25-17;1-2(3)4/h1-2,5,9,12,16,18,26H,3-4,6-8,10-11H2,(H,22,27)(H,23,28)(H,24,25);1H3,(H,3,4)/t12-,16+,18+;/m0./s1. The predicted molar refractivity (Wildman–Crippen MR) is 115 cm³/mol. The number of carbonyl (C=O) groups excluding carboxylic acids is 2. The lowest BCUT2D eigenvalue weighted by atomic mass is 9.83. The van der Waals surface area contributed by atoms with E-state index in [0.29, 0.717) is 31.5 Å². The number of aliphatic hydroxyl groups excluding tert-OH is 1. The number of aromatic amines is 1. The molecule has 2 heterocycles. The van der Waals surface area contributed by atoms with E-state index in [2.05, 4.69) is 25.8 Å². The number of aromatic nitrogens is 3. The summed E-state index contributed by atoms with van der Waals surface area (Å²) >= 11 is 0. The minimum Gasteiger partial charge on any atom is -0.481 e. The molecule has 0 bridgehead atoms. The number of nitrogens with one attached hydrogen (secondary N) is 3. The number of nitrogens with zero attached hydrogens (tertiary/aromatic N) is 2. The van der Waals surface area contributed by atoms with E-state index in [4.69, 9.17) is 9.90 Å². The molecular formula is C22H29N5O5. The number of carboxylic acids is 1. The molecule has 4 rings (SSSR count). The van der Waals surface area contributed by atoms with Crippen molar-refractivity contribution in [2.45, 2.75) is 64.1 Å². The number of carbonyl (C=O) groups is 3. The van der Waals surface area contributed by atoms with Gasteiger partial charge >= 0.3 is 0 Å². The number of fused-ring (bicyclic) bond motifs is 1. The molecule has 0 spiro atoms. The fourth-order valence-corrected chi connectivity index (χ4v) is 4.14. The molecule has 32 heavy (non-hydrogen) atoms. The molecular weight excluding hydrogens is 414 g/mol. The monoisotopic (exact) mass is 443 g/mol. The van der Waals surface area contributed by atoms with Crippen LogP contribution in [0.1, 0.15) is 60.0 Å². The number of hydrogen-bond donors (Lipinski definition) is 5. The highest BCUT2D eigenvalue weighted by Crippen LogP contribution is 2.26. The number of aliphatic carboxylic acids is 1. The van der Waals surface area contributed by atoms with Gasteiger partial charge in [0, 0.05) is 24.7 Å². The number of hydrogen-bond acceptors (Lipinski definition) is 6. The Morgan fingerprint density at radius 1 is 1.22 bits per heavy atom. The highest BCUT2D eigenvalue weighted by atomic mass is 16.4. The van der Waals surface area contributed by atoms with E-state index in [9.17, 15) is 14.7 Å². The molecule has 0 unspecified atom stereocenters. The van der Waals surface area contributed by atoms with Crippen molar-refractivity contribution in [3.63, 3.8) is 0 Å². The third-order valence-electron chi connectivity index (χ3n) is 5.72. The first-order valence-electron chi connectivity index (χ1n) is 10.8. The van der Waals surface area contributed by atoms with Gasteiger partial charge in [0.2, 0.25) is 5.91 Å². The van der Waals surface area contributed by atoms with Crippen LogP contribution < -0.4 is 10.6 Å². The molecule has 10 nitrogen and oxygen atoms in total. The number of aliphatic hydroxyl groups is 1. The second-order valence-electron chi connectivity index (χ2n) is 8.09. The Morgan fingerprint density at radius 2 is 2.00 bits per heavy atom. The summed E-state index contributed by atoms with van der Waals surface area (Å²) in [6.45, 7) is 1.49. The van der Waals surface area contributed by atoms with Gasteiger partial charge in [-0.1, -0.05) is 6.07 Å². The van der Waals surface area contributed by atoms with Gasteiger partial charge in [-0.25, -0.2) is 0 Å². The fourth-order valence-electron chi connectivity index (χ4n) is 4.14. The van der Waals surface area contributed by atoms with Crippen LogP contribution >= 0.6 is 0 Å². The third-order valence-corrected chi connectivity index (χ3v) is 5.72. The van der Waals surface area contributed by atoms with Gasteiger partial charge < -0.3 is 20.8 Å².